The van der Waals surface area contributed by atoms with Crippen LogP contribution in [0.3, 0.4) is 0 Å². The number of nitrogens with zero attached hydrogens (tertiary/aromatic N) is 3. The van der Waals surface area contributed by atoms with E-state index >= 15 is 0 Å². The van der Waals surface area contributed by atoms with Gasteiger partial charge in [-0.05, 0) is 70.2 Å². The largest absolute Gasteiger partial charge is 0.444 e. The van der Waals surface area contributed by atoms with Crippen LogP contribution in [0.15, 0.2) is 46.2 Å². The number of hydrogen-bond acceptors (Lipinski definition) is 6. The summed E-state index contributed by atoms with van der Waals surface area (Å²) in [5, 5.41) is 8.63. The molecule has 1 fully saturated rings. The van der Waals surface area contributed by atoms with Gasteiger partial charge < -0.3 is 19.9 Å². The minimum atomic E-state index is -0.512. The number of amides is 1. The summed E-state index contributed by atoms with van der Waals surface area (Å²) in [6.45, 7) is 6.78. The number of piperidine rings is 1. The van der Waals surface area contributed by atoms with Gasteiger partial charge in [0.2, 0.25) is 0 Å². The van der Waals surface area contributed by atoms with Crippen molar-refractivity contribution in [2.45, 2.75) is 50.2 Å². The number of ether oxygens (including phenoxy) is 1. The fourth-order valence-corrected chi connectivity index (χ4v) is 4.30. The average Bonchev–Trinajstić information content (AvgIpc) is 3.13. The first kappa shape index (κ1) is 22.3. The molecule has 4 rings (SSSR count). The molecule has 0 unspecified atom stereocenters. The van der Waals surface area contributed by atoms with Crippen molar-refractivity contribution >= 4 is 40.3 Å². The number of H-pyrrole nitrogens is 1. The van der Waals surface area contributed by atoms with Crippen LogP contribution in [-0.4, -0.2) is 50.7 Å². The zero-order chi connectivity index (χ0) is 22.9. The average molecular weight is 456 g/mol. The molecule has 2 N–H and O–H groups in total. The van der Waals surface area contributed by atoms with Gasteiger partial charge in [-0.25, -0.2) is 4.79 Å². The minimum Gasteiger partial charge on any atom is -0.444 e. The molecule has 1 amide bonds. The fourth-order valence-electron chi connectivity index (χ4n) is 3.90. The third kappa shape index (κ3) is 4.77. The summed E-state index contributed by atoms with van der Waals surface area (Å²) < 4.78 is 7.42. The minimum absolute atomic E-state index is 0.0902. The molecule has 0 saturated carbocycles. The van der Waals surface area contributed by atoms with Crippen LogP contribution in [0.25, 0.3) is 10.9 Å². The first-order valence-corrected chi connectivity index (χ1v) is 12.0. The number of carbonyl (C=O) groups excluding carboxylic acids is 1. The highest BCUT2D eigenvalue weighted by atomic mass is 32.2. The number of aromatic amines is 1. The van der Waals surface area contributed by atoms with E-state index in [0.717, 1.165) is 24.0 Å². The number of nitrogens with one attached hydrogen (secondary N) is 2. The van der Waals surface area contributed by atoms with Crippen molar-refractivity contribution in [1.29, 1.82) is 0 Å². The van der Waals surface area contributed by atoms with Crippen LogP contribution in [0, 0.1) is 0 Å². The van der Waals surface area contributed by atoms with Gasteiger partial charge in [0.05, 0.1) is 11.6 Å². The number of likely N-dealkylation sites (tertiary alicyclic amines) is 1. The van der Waals surface area contributed by atoms with Crippen LogP contribution >= 0.6 is 11.8 Å². The molecule has 0 spiro atoms. The van der Waals surface area contributed by atoms with Gasteiger partial charge in [-0.3, -0.25) is 9.48 Å². The third-order valence-electron chi connectivity index (χ3n) is 5.44. The number of hydrogen-bond donors (Lipinski definition) is 2. The number of rotatable bonds is 4. The molecule has 0 radical (unpaired) electrons. The van der Waals surface area contributed by atoms with Crippen molar-refractivity contribution in [2.75, 3.05) is 24.7 Å². The highest BCUT2D eigenvalue weighted by Crippen LogP contribution is 2.31. The first-order valence-electron chi connectivity index (χ1n) is 10.7. The van der Waals surface area contributed by atoms with E-state index in [4.69, 9.17) is 9.84 Å². The van der Waals surface area contributed by atoms with Crippen LogP contribution in [0.5, 0.6) is 0 Å². The summed E-state index contributed by atoms with van der Waals surface area (Å²) in [5.41, 5.74) is 0.968. The number of thioether (sulfide) groups is 1. The number of carbonyl (C=O) groups is 1. The topological polar surface area (TPSA) is 92.2 Å². The van der Waals surface area contributed by atoms with E-state index in [9.17, 15) is 9.59 Å². The van der Waals surface area contributed by atoms with Crippen LogP contribution in [0.1, 0.15) is 39.7 Å². The predicted molar refractivity (Wildman–Crippen MR) is 128 cm³/mol. The van der Waals surface area contributed by atoms with Crippen molar-refractivity contribution < 1.29 is 9.53 Å². The van der Waals surface area contributed by atoms with E-state index in [1.54, 1.807) is 22.9 Å². The monoisotopic (exact) mass is 455 g/mol. The van der Waals surface area contributed by atoms with Crippen molar-refractivity contribution in [3.63, 3.8) is 0 Å². The molecular weight excluding hydrogens is 426 g/mol. The van der Waals surface area contributed by atoms with Crippen molar-refractivity contribution in [3.05, 3.63) is 46.9 Å². The molecule has 2 aromatic heterocycles. The number of anilines is 2. The van der Waals surface area contributed by atoms with E-state index in [1.165, 1.54) is 4.90 Å². The van der Waals surface area contributed by atoms with Crippen LogP contribution in [0.4, 0.5) is 16.3 Å². The lowest BCUT2D eigenvalue weighted by Crippen LogP contribution is -2.42. The Morgan fingerprint density at radius 2 is 1.88 bits per heavy atom. The molecule has 170 valence electrons. The van der Waals surface area contributed by atoms with Crippen LogP contribution < -0.4 is 10.9 Å². The van der Waals surface area contributed by atoms with Crippen molar-refractivity contribution in [3.8, 4) is 0 Å². The summed E-state index contributed by atoms with van der Waals surface area (Å²) in [6.07, 6.45) is 4.88. The lowest BCUT2D eigenvalue weighted by Gasteiger charge is -2.33. The third-order valence-corrected chi connectivity index (χ3v) is 6.19. The lowest BCUT2D eigenvalue weighted by atomic mass is 10.1. The number of benzene rings is 1. The van der Waals surface area contributed by atoms with Gasteiger partial charge in [0.25, 0.3) is 5.56 Å². The summed E-state index contributed by atoms with van der Waals surface area (Å²) >= 11 is 1.68. The number of pyridine rings is 1. The molecule has 32 heavy (non-hydrogen) atoms. The van der Waals surface area contributed by atoms with Crippen molar-refractivity contribution in [2.24, 2.45) is 0 Å². The SMILES string of the molecule is CSc1ccc(Nc2nn(C3CCN(C(=O)OC(C)(C)C)CC3)c3cc[nH]c(=O)c23)cc1. The van der Waals surface area contributed by atoms with Gasteiger partial charge in [0.1, 0.15) is 11.0 Å². The Labute approximate surface area is 191 Å². The normalized spacial score (nSPS) is 15.2. The van der Waals surface area contributed by atoms with Gasteiger partial charge in [-0.1, -0.05) is 0 Å². The molecule has 1 aromatic carbocycles. The van der Waals surface area contributed by atoms with E-state index < -0.39 is 5.60 Å². The molecule has 1 aliphatic rings. The number of fused-ring (bicyclic) bond motifs is 1. The second-order valence-electron chi connectivity index (χ2n) is 8.91. The Balaban J connectivity index is 1.57. The smallest absolute Gasteiger partial charge is 0.410 e. The molecule has 0 atom stereocenters. The standard InChI is InChI=1S/C23H29N5O3S/c1-23(2,3)31-22(30)27-13-10-16(11-14-27)28-18-9-12-24-21(29)19(18)20(26-28)25-15-5-7-17(32-4)8-6-15/h5-9,12,16H,10-11,13-14H2,1-4H3,(H,24,29)(H,25,26). The van der Waals surface area contributed by atoms with Crippen LogP contribution in [0.2, 0.25) is 0 Å². The maximum Gasteiger partial charge on any atom is 0.410 e. The van der Waals surface area contributed by atoms with Crippen LogP contribution in [-0.2, 0) is 4.74 Å². The molecule has 3 aromatic rings. The number of aromatic nitrogens is 3. The quantitative estimate of drug-likeness (QED) is 0.551. The summed E-state index contributed by atoms with van der Waals surface area (Å²) in [5.74, 6) is 0.535. The van der Waals surface area contributed by atoms with Gasteiger partial charge in [0.15, 0.2) is 5.82 Å². The molecule has 0 bridgehead atoms. The zero-order valence-electron chi connectivity index (χ0n) is 18.8. The molecule has 1 saturated heterocycles. The molecule has 0 aliphatic carbocycles. The second kappa shape index (κ2) is 8.90. The molecular formula is C23H29N5O3S. The maximum atomic E-state index is 12.6. The Morgan fingerprint density at radius 1 is 1.19 bits per heavy atom. The Bertz CT molecular complexity index is 1160. The molecule has 3 heterocycles. The van der Waals surface area contributed by atoms with Gasteiger partial charge >= 0.3 is 6.09 Å². The van der Waals surface area contributed by atoms with Gasteiger partial charge in [-0.2, -0.15) is 5.10 Å². The summed E-state index contributed by atoms with van der Waals surface area (Å²) in [4.78, 5) is 30.7. The Morgan fingerprint density at radius 3 is 2.50 bits per heavy atom. The molecule has 1 aliphatic heterocycles. The zero-order valence-corrected chi connectivity index (χ0v) is 19.7. The van der Waals surface area contributed by atoms with Gasteiger partial charge in [0, 0.05) is 29.9 Å². The van der Waals surface area contributed by atoms with Crippen molar-refractivity contribution in [1.82, 2.24) is 19.7 Å². The summed E-state index contributed by atoms with van der Waals surface area (Å²) in [6, 6.07) is 9.99. The van der Waals surface area contributed by atoms with E-state index in [1.807, 2.05) is 62.0 Å². The van der Waals surface area contributed by atoms with Gasteiger partial charge in [-0.15, -0.1) is 11.8 Å². The van der Waals surface area contributed by atoms with E-state index in [0.29, 0.717) is 24.3 Å². The first-order chi connectivity index (χ1) is 15.2. The predicted octanol–water partition coefficient (Wildman–Crippen LogP) is 4.76. The maximum absolute atomic E-state index is 12.6. The summed E-state index contributed by atoms with van der Waals surface area (Å²) in [7, 11) is 0. The highest BCUT2D eigenvalue weighted by molar-refractivity contribution is 7.98. The molecule has 8 nitrogen and oxygen atoms in total. The highest BCUT2D eigenvalue weighted by Gasteiger charge is 2.29. The fraction of sp³-hybridized carbons (Fsp3) is 0.435. The lowest BCUT2D eigenvalue weighted by molar-refractivity contribution is 0.0186. The molecule has 9 heteroatoms. The Hall–Kier alpha value is -2.94. The van der Waals surface area contributed by atoms with E-state index in [2.05, 4.69) is 10.3 Å². The van der Waals surface area contributed by atoms with E-state index in [-0.39, 0.29) is 17.7 Å². The second-order valence-corrected chi connectivity index (χ2v) is 9.79. The Kier molecular flexibility index (Phi) is 6.19.